The van der Waals surface area contributed by atoms with Crippen LogP contribution in [0.2, 0.25) is 0 Å². The van der Waals surface area contributed by atoms with Gasteiger partial charge in [0.2, 0.25) is 9.84 Å². The number of furan rings is 1. The molecule has 0 radical (unpaired) electrons. The summed E-state index contributed by atoms with van der Waals surface area (Å²) in [4.78, 5) is 2.75. The van der Waals surface area contributed by atoms with Crippen molar-refractivity contribution in [3.8, 4) is 17.1 Å². The molecule has 3 aromatic carbocycles. The van der Waals surface area contributed by atoms with E-state index in [2.05, 4.69) is 18.7 Å². The van der Waals surface area contributed by atoms with Gasteiger partial charge in [-0.05, 0) is 55.9 Å². The van der Waals surface area contributed by atoms with E-state index in [0.717, 1.165) is 31.6 Å². The SMILES string of the molecule is CCN(CC)CCCOc1ccc(S(=O)(=O)c2c(-c3ccccc3)oc3ccccc23)cc1. The van der Waals surface area contributed by atoms with E-state index in [4.69, 9.17) is 9.15 Å². The van der Waals surface area contributed by atoms with Crippen LogP contribution in [0, 0.1) is 0 Å². The molecule has 0 spiro atoms. The van der Waals surface area contributed by atoms with Crippen LogP contribution in [0.3, 0.4) is 0 Å². The first-order valence-electron chi connectivity index (χ1n) is 11.3. The Kier molecular flexibility index (Phi) is 7.16. The van der Waals surface area contributed by atoms with Gasteiger partial charge in [0, 0.05) is 17.5 Å². The summed E-state index contributed by atoms with van der Waals surface area (Å²) in [5.41, 5.74) is 1.27. The zero-order valence-electron chi connectivity index (χ0n) is 19.0. The van der Waals surface area contributed by atoms with Crippen LogP contribution < -0.4 is 4.74 Å². The van der Waals surface area contributed by atoms with Crippen LogP contribution in [0.25, 0.3) is 22.3 Å². The Hall–Kier alpha value is -3.09. The molecule has 0 saturated carbocycles. The number of hydrogen-bond donors (Lipinski definition) is 0. The number of benzene rings is 3. The standard InChI is InChI=1S/C27H29NO4S/c1-3-28(4-2)19-10-20-31-22-15-17-23(18-16-22)33(29,30)27-24-13-8-9-14-25(24)32-26(27)21-11-6-5-7-12-21/h5-9,11-18H,3-4,10,19-20H2,1-2H3. The minimum absolute atomic E-state index is 0.192. The molecule has 172 valence electrons. The Bertz CT molecular complexity index is 1290. The molecule has 0 aliphatic rings. The normalized spacial score (nSPS) is 11.8. The topological polar surface area (TPSA) is 59.8 Å². The molecule has 0 N–H and O–H groups in total. The van der Waals surface area contributed by atoms with E-state index >= 15 is 0 Å². The van der Waals surface area contributed by atoms with Gasteiger partial charge in [-0.15, -0.1) is 0 Å². The van der Waals surface area contributed by atoms with Crippen molar-refractivity contribution in [3.05, 3.63) is 78.9 Å². The van der Waals surface area contributed by atoms with Crippen LogP contribution in [-0.2, 0) is 9.84 Å². The fraction of sp³-hybridized carbons (Fsp3) is 0.259. The molecule has 6 heteroatoms. The van der Waals surface area contributed by atoms with E-state index < -0.39 is 9.84 Å². The second-order valence-corrected chi connectivity index (χ2v) is 9.71. The predicted octanol–water partition coefficient (Wildman–Crippen LogP) is 6.04. The van der Waals surface area contributed by atoms with Crippen LogP contribution in [-0.4, -0.2) is 39.6 Å². The van der Waals surface area contributed by atoms with Crippen molar-refractivity contribution in [1.82, 2.24) is 4.90 Å². The summed E-state index contributed by atoms with van der Waals surface area (Å²) in [5, 5.41) is 0.577. The van der Waals surface area contributed by atoms with Gasteiger partial charge in [0.1, 0.15) is 16.2 Å². The molecule has 0 fully saturated rings. The minimum atomic E-state index is -3.82. The zero-order valence-corrected chi connectivity index (χ0v) is 19.8. The van der Waals surface area contributed by atoms with Crippen molar-refractivity contribution >= 4 is 20.8 Å². The summed E-state index contributed by atoms with van der Waals surface area (Å²) in [6.07, 6.45) is 0.920. The lowest BCUT2D eigenvalue weighted by Gasteiger charge is -2.17. The highest BCUT2D eigenvalue weighted by Crippen LogP contribution is 2.39. The summed E-state index contributed by atoms with van der Waals surface area (Å²) in [5.74, 6) is 1.02. The van der Waals surface area contributed by atoms with E-state index in [1.54, 1.807) is 36.4 Å². The Morgan fingerprint density at radius 3 is 2.21 bits per heavy atom. The second kappa shape index (κ2) is 10.2. The smallest absolute Gasteiger partial charge is 0.211 e. The molecule has 4 aromatic rings. The molecule has 0 bridgehead atoms. The van der Waals surface area contributed by atoms with Crippen molar-refractivity contribution in [2.45, 2.75) is 30.1 Å². The molecular formula is C27H29NO4S. The van der Waals surface area contributed by atoms with E-state index in [1.165, 1.54) is 0 Å². The van der Waals surface area contributed by atoms with Crippen molar-refractivity contribution in [1.29, 1.82) is 0 Å². The highest BCUT2D eigenvalue weighted by molar-refractivity contribution is 7.91. The van der Waals surface area contributed by atoms with Gasteiger partial charge in [-0.3, -0.25) is 0 Å². The molecular weight excluding hydrogens is 434 g/mol. The van der Waals surface area contributed by atoms with Crippen LogP contribution in [0.4, 0.5) is 0 Å². The molecule has 0 saturated heterocycles. The summed E-state index contributed by atoms with van der Waals surface area (Å²) in [6, 6.07) is 23.2. The molecule has 0 aliphatic heterocycles. The summed E-state index contributed by atoms with van der Waals surface area (Å²) >= 11 is 0. The Morgan fingerprint density at radius 2 is 1.52 bits per heavy atom. The van der Waals surface area contributed by atoms with Crippen LogP contribution in [0.15, 0.2) is 93.1 Å². The lowest BCUT2D eigenvalue weighted by Crippen LogP contribution is -2.25. The average molecular weight is 464 g/mol. The number of sulfone groups is 1. The van der Waals surface area contributed by atoms with Gasteiger partial charge < -0.3 is 14.1 Å². The molecule has 4 rings (SSSR count). The second-order valence-electron chi connectivity index (χ2n) is 7.83. The maximum absolute atomic E-state index is 13.7. The van der Waals surface area contributed by atoms with Crippen LogP contribution in [0.5, 0.6) is 5.75 Å². The summed E-state index contributed by atoms with van der Waals surface area (Å²) in [7, 11) is -3.82. The van der Waals surface area contributed by atoms with Gasteiger partial charge in [-0.2, -0.15) is 0 Å². The van der Waals surface area contributed by atoms with Gasteiger partial charge in [0.15, 0.2) is 5.76 Å². The molecule has 0 atom stereocenters. The van der Waals surface area contributed by atoms with E-state index in [-0.39, 0.29) is 9.79 Å². The number of hydrogen-bond acceptors (Lipinski definition) is 5. The molecule has 1 heterocycles. The molecule has 0 aliphatic carbocycles. The van der Waals surface area contributed by atoms with E-state index in [1.807, 2.05) is 42.5 Å². The zero-order chi connectivity index (χ0) is 23.3. The maximum Gasteiger partial charge on any atom is 0.211 e. The van der Waals surface area contributed by atoms with Crippen LogP contribution in [0.1, 0.15) is 20.3 Å². The number of nitrogens with zero attached hydrogens (tertiary/aromatic N) is 1. The number of rotatable bonds is 10. The molecule has 5 nitrogen and oxygen atoms in total. The first-order valence-corrected chi connectivity index (χ1v) is 12.8. The highest BCUT2D eigenvalue weighted by atomic mass is 32.2. The average Bonchev–Trinajstić information content (AvgIpc) is 3.26. The molecule has 1 aromatic heterocycles. The predicted molar refractivity (Wildman–Crippen MR) is 131 cm³/mol. The fourth-order valence-corrected chi connectivity index (χ4v) is 5.51. The van der Waals surface area contributed by atoms with Crippen molar-refractivity contribution in [2.24, 2.45) is 0 Å². The van der Waals surface area contributed by atoms with Gasteiger partial charge in [-0.1, -0.05) is 56.3 Å². The number of ether oxygens (including phenoxy) is 1. The monoisotopic (exact) mass is 463 g/mol. The Morgan fingerprint density at radius 1 is 0.848 bits per heavy atom. The maximum atomic E-state index is 13.7. The quantitative estimate of drug-likeness (QED) is 0.268. The van der Waals surface area contributed by atoms with Crippen molar-refractivity contribution in [3.63, 3.8) is 0 Å². The molecule has 33 heavy (non-hydrogen) atoms. The molecule has 0 amide bonds. The Balaban J connectivity index is 1.60. The number of para-hydroxylation sites is 1. The molecule has 0 unspecified atom stereocenters. The summed E-state index contributed by atoms with van der Waals surface area (Å²) < 4.78 is 39.3. The largest absolute Gasteiger partial charge is 0.494 e. The Labute approximate surface area is 195 Å². The van der Waals surface area contributed by atoms with Crippen molar-refractivity contribution < 1.29 is 17.6 Å². The first kappa shape index (κ1) is 23.1. The van der Waals surface area contributed by atoms with E-state index in [0.29, 0.717) is 29.1 Å². The van der Waals surface area contributed by atoms with Gasteiger partial charge >= 0.3 is 0 Å². The third-order valence-electron chi connectivity index (χ3n) is 5.77. The number of fused-ring (bicyclic) bond motifs is 1. The minimum Gasteiger partial charge on any atom is -0.494 e. The highest BCUT2D eigenvalue weighted by Gasteiger charge is 2.28. The van der Waals surface area contributed by atoms with Gasteiger partial charge in [0.05, 0.1) is 11.5 Å². The van der Waals surface area contributed by atoms with Gasteiger partial charge in [-0.25, -0.2) is 8.42 Å². The third kappa shape index (κ3) is 4.97. The fourth-order valence-electron chi connectivity index (χ4n) is 3.92. The van der Waals surface area contributed by atoms with Gasteiger partial charge in [0.25, 0.3) is 0 Å². The third-order valence-corrected chi connectivity index (χ3v) is 7.61. The van der Waals surface area contributed by atoms with Crippen molar-refractivity contribution in [2.75, 3.05) is 26.2 Å². The summed E-state index contributed by atoms with van der Waals surface area (Å²) in [6.45, 7) is 7.92. The van der Waals surface area contributed by atoms with Crippen LogP contribution >= 0.6 is 0 Å². The van der Waals surface area contributed by atoms with E-state index in [9.17, 15) is 8.42 Å². The lowest BCUT2D eigenvalue weighted by atomic mass is 10.1. The first-order chi connectivity index (χ1) is 16.0. The lowest BCUT2D eigenvalue weighted by molar-refractivity contribution is 0.249.